The van der Waals surface area contributed by atoms with Crippen LogP contribution < -0.4 is 5.32 Å². The Hall–Kier alpha value is -2.77. The molecular weight excluding hydrogens is 402 g/mol. The summed E-state index contributed by atoms with van der Waals surface area (Å²) in [5, 5.41) is 7.10. The Morgan fingerprint density at radius 3 is 2.65 bits per heavy atom. The monoisotopic (exact) mass is 428 g/mol. The molecule has 2 aromatic heterocycles. The zero-order valence-electron chi connectivity index (χ0n) is 17.8. The van der Waals surface area contributed by atoms with Crippen molar-refractivity contribution < 1.29 is 18.1 Å². The topological polar surface area (TPSA) is 72.9 Å². The Labute approximate surface area is 179 Å². The lowest BCUT2D eigenvalue weighted by Crippen LogP contribution is -2.35. The van der Waals surface area contributed by atoms with Crippen LogP contribution in [0, 0.1) is 13.8 Å². The number of halogens is 2. The summed E-state index contributed by atoms with van der Waals surface area (Å²) in [6.45, 7) is 3.78. The van der Waals surface area contributed by atoms with Crippen LogP contribution in [-0.2, 0) is 4.79 Å². The van der Waals surface area contributed by atoms with E-state index in [1.165, 1.54) is 0 Å². The van der Waals surface area contributed by atoms with Crippen molar-refractivity contribution in [3.05, 3.63) is 35.5 Å². The molecule has 1 amide bonds. The molecule has 8 heteroatoms. The number of carbonyl (C=O) groups excluding carboxylic acids is 1. The molecule has 164 valence electrons. The van der Waals surface area contributed by atoms with Gasteiger partial charge >= 0.3 is 0 Å². The smallest absolute Gasteiger partial charge is 0.248 e. The molecule has 0 radical (unpaired) electrons. The molecule has 1 aliphatic heterocycles. The van der Waals surface area contributed by atoms with E-state index in [-0.39, 0.29) is 30.8 Å². The fourth-order valence-electron chi connectivity index (χ4n) is 5.08. The van der Waals surface area contributed by atoms with Gasteiger partial charge in [-0.1, -0.05) is 11.2 Å². The second kappa shape index (κ2) is 7.43. The van der Waals surface area contributed by atoms with Crippen molar-refractivity contribution >= 4 is 16.9 Å². The highest BCUT2D eigenvalue weighted by atomic mass is 19.3. The molecule has 2 aliphatic rings. The molecule has 1 aromatic carbocycles. The predicted octanol–water partition coefficient (Wildman–Crippen LogP) is 5.40. The van der Waals surface area contributed by atoms with Gasteiger partial charge in [-0.3, -0.25) is 4.79 Å². The highest BCUT2D eigenvalue weighted by Crippen LogP contribution is 2.42. The Kier molecular flexibility index (Phi) is 4.83. The number of hydrogen-bond donors (Lipinski definition) is 1. The number of aryl methyl sites for hydroxylation is 2. The van der Waals surface area contributed by atoms with Gasteiger partial charge in [0.15, 0.2) is 0 Å². The maximum Gasteiger partial charge on any atom is 0.248 e. The second-order valence-electron chi connectivity index (χ2n) is 8.84. The third-order valence-electron chi connectivity index (χ3n) is 6.63. The van der Waals surface area contributed by atoms with Crippen LogP contribution in [-0.4, -0.2) is 26.5 Å². The zero-order chi connectivity index (χ0) is 21.8. The van der Waals surface area contributed by atoms with Crippen molar-refractivity contribution in [2.75, 3.05) is 0 Å². The maximum absolute atomic E-state index is 13.8. The third-order valence-corrected chi connectivity index (χ3v) is 6.63. The minimum atomic E-state index is -2.59. The average molecular weight is 428 g/mol. The number of alkyl halides is 2. The summed E-state index contributed by atoms with van der Waals surface area (Å²) in [7, 11) is 0. The number of rotatable bonds is 3. The molecule has 0 bridgehead atoms. The molecule has 1 aliphatic carbocycles. The molecule has 5 rings (SSSR count). The van der Waals surface area contributed by atoms with E-state index >= 15 is 0 Å². The summed E-state index contributed by atoms with van der Waals surface area (Å²) in [5.41, 5.74) is 4.43. The van der Waals surface area contributed by atoms with Crippen LogP contribution in [0.5, 0.6) is 0 Å². The summed E-state index contributed by atoms with van der Waals surface area (Å²) in [5.74, 6) is -1.07. The first-order chi connectivity index (χ1) is 14.8. The number of benzene rings is 1. The van der Waals surface area contributed by atoms with E-state index in [1.807, 2.05) is 32.0 Å². The normalized spacial score (nSPS) is 22.1. The van der Waals surface area contributed by atoms with Gasteiger partial charge in [-0.25, -0.2) is 13.8 Å². The first kappa shape index (κ1) is 20.2. The molecular formula is C23H26F2N4O2. The molecule has 31 heavy (non-hydrogen) atoms. The summed E-state index contributed by atoms with van der Waals surface area (Å²) in [6.07, 6.45) is 2.68. The summed E-state index contributed by atoms with van der Waals surface area (Å²) < 4.78 is 35.1. The second-order valence-corrected chi connectivity index (χ2v) is 8.84. The number of carbonyl (C=O) groups is 1. The van der Waals surface area contributed by atoms with Crippen molar-refractivity contribution in [3.63, 3.8) is 0 Å². The lowest BCUT2D eigenvalue weighted by molar-refractivity contribution is -0.123. The van der Waals surface area contributed by atoms with Crippen LogP contribution in [0.2, 0.25) is 0 Å². The van der Waals surface area contributed by atoms with Gasteiger partial charge in [-0.15, -0.1) is 0 Å². The van der Waals surface area contributed by atoms with Gasteiger partial charge in [0.2, 0.25) is 11.8 Å². The minimum absolute atomic E-state index is 0.0152. The van der Waals surface area contributed by atoms with Gasteiger partial charge in [-0.05, 0) is 57.2 Å². The Morgan fingerprint density at radius 1 is 1.19 bits per heavy atom. The molecule has 2 fully saturated rings. The number of piperidine rings is 1. The van der Waals surface area contributed by atoms with Crippen LogP contribution in [0.25, 0.3) is 22.2 Å². The molecule has 0 spiro atoms. The van der Waals surface area contributed by atoms with Gasteiger partial charge in [0.1, 0.15) is 11.6 Å². The lowest BCUT2D eigenvalue weighted by atomic mass is 9.91. The number of aromatic nitrogens is 3. The number of nitrogens with one attached hydrogen (secondary N) is 1. The zero-order valence-corrected chi connectivity index (χ0v) is 17.8. The number of amides is 1. The maximum atomic E-state index is 13.8. The molecule has 0 unspecified atom stereocenters. The van der Waals surface area contributed by atoms with Crippen molar-refractivity contribution in [3.8, 4) is 11.1 Å². The van der Waals surface area contributed by atoms with E-state index in [4.69, 9.17) is 9.51 Å². The van der Waals surface area contributed by atoms with Crippen LogP contribution in [0.15, 0.2) is 22.7 Å². The van der Waals surface area contributed by atoms with Crippen LogP contribution >= 0.6 is 0 Å². The predicted molar refractivity (Wildman–Crippen MR) is 112 cm³/mol. The largest absolute Gasteiger partial charge is 0.361 e. The SMILES string of the molecule is Cc1noc(C)c1-c1ccc2c(c1)nc([C@@H]1CCCC(=O)N1)n2C1CCC(F)(F)CC1. The molecule has 1 atom stereocenters. The highest BCUT2D eigenvalue weighted by Gasteiger charge is 2.37. The molecule has 1 saturated carbocycles. The fourth-order valence-corrected chi connectivity index (χ4v) is 5.08. The van der Waals surface area contributed by atoms with Gasteiger partial charge < -0.3 is 14.4 Å². The van der Waals surface area contributed by atoms with E-state index in [0.29, 0.717) is 19.3 Å². The number of imidazole rings is 1. The molecule has 1 N–H and O–H groups in total. The first-order valence-electron chi connectivity index (χ1n) is 10.9. The first-order valence-corrected chi connectivity index (χ1v) is 10.9. The van der Waals surface area contributed by atoms with Crippen molar-refractivity contribution in [2.45, 2.75) is 76.8 Å². The molecule has 6 nitrogen and oxygen atoms in total. The number of fused-ring (bicyclic) bond motifs is 1. The van der Waals surface area contributed by atoms with Gasteiger partial charge in [0, 0.05) is 30.9 Å². The summed E-state index contributed by atoms with van der Waals surface area (Å²) >= 11 is 0. The van der Waals surface area contributed by atoms with Crippen molar-refractivity contribution in [1.82, 2.24) is 20.0 Å². The van der Waals surface area contributed by atoms with E-state index < -0.39 is 5.92 Å². The van der Waals surface area contributed by atoms with Crippen LogP contribution in [0.3, 0.4) is 0 Å². The van der Waals surface area contributed by atoms with Crippen molar-refractivity contribution in [1.29, 1.82) is 0 Å². The molecule has 3 aromatic rings. The summed E-state index contributed by atoms with van der Waals surface area (Å²) in [6, 6.07) is 5.77. The number of nitrogens with zero attached hydrogens (tertiary/aromatic N) is 3. The van der Waals surface area contributed by atoms with E-state index in [1.54, 1.807) is 0 Å². The standard InChI is InChI=1S/C23H26F2N4O2/c1-13-21(14(2)31-28-13)15-6-7-19-18(12-15)27-22(17-4-3-5-20(30)26-17)29(19)16-8-10-23(24,25)11-9-16/h6-7,12,16-17H,3-5,8-11H2,1-2H3,(H,26,30)/t17-/m0/s1. The minimum Gasteiger partial charge on any atom is -0.361 e. The van der Waals surface area contributed by atoms with Gasteiger partial charge in [-0.2, -0.15) is 0 Å². The van der Waals surface area contributed by atoms with E-state index in [0.717, 1.165) is 52.3 Å². The van der Waals surface area contributed by atoms with Crippen LogP contribution in [0.4, 0.5) is 8.78 Å². The Bertz CT molecular complexity index is 1120. The lowest BCUT2D eigenvalue weighted by Gasteiger charge is -2.32. The van der Waals surface area contributed by atoms with E-state index in [9.17, 15) is 13.6 Å². The summed E-state index contributed by atoms with van der Waals surface area (Å²) in [4.78, 5) is 17.0. The van der Waals surface area contributed by atoms with Gasteiger partial charge in [0.25, 0.3) is 0 Å². The van der Waals surface area contributed by atoms with Crippen molar-refractivity contribution in [2.24, 2.45) is 0 Å². The van der Waals surface area contributed by atoms with Gasteiger partial charge in [0.05, 0.1) is 22.8 Å². The van der Waals surface area contributed by atoms with E-state index in [2.05, 4.69) is 15.0 Å². The van der Waals surface area contributed by atoms with Crippen LogP contribution in [0.1, 0.15) is 74.3 Å². The molecule has 1 saturated heterocycles. The quantitative estimate of drug-likeness (QED) is 0.606. The molecule has 3 heterocycles. The number of hydrogen-bond acceptors (Lipinski definition) is 4. The Morgan fingerprint density at radius 2 is 1.97 bits per heavy atom. The fraction of sp³-hybridized carbons (Fsp3) is 0.522. The highest BCUT2D eigenvalue weighted by molar-refractivity contribution is 5.84. The third kappa shape index (κ3) is 3.62. The Balaban J connectivity index is 1.61. The average Bonchev–Trinajstić information content (AvgIpc) is 3.27.